The molecule has 5 nitrogen and oxygen atoms in total. The molecular formula is C17H13N3O2. The third-order valence-electron chi connectivity index (χ3n) is 2.75. The number of carbonyl (C=O) groups excluding carboxylic acids is 1. The van der Waals surface area contributed by atoms with E-state index in [0.717, 1.165) is 0 Å². The minimum absolute atomic E-state index is 0.337. The Morgan fingerprint density at radius 2 is 1.86 bits per heavy atom. The molecule has 0 N–H and O–H groups in total. The number of nitrogens with zero attached hydrogens (tertiary/aromatic N) is 3. The average molecular weight is 291 g/mol. The van der Waals surface area contributed by atoms with E-state index in [4.69, 9.17) is 10.00 Å². The predicted octanol–water partition coefficient (Wildman–Crippen LogP) is 3.87. The molecule has 2 aromatic carbocycles. The highest BCUT2D eigenvalue weighted by molar-refractivity contribution is 5.89. The van der Waals surface area contributed by atoms with Crippen LogP contribution in [0.4, 0.5) is 11.4 Å². The van der Waals surface area contributed by atoms with Crippen LogP contribution in [0.3, 0.4) is 0 Å². The Labute approximate surface area is 128 Å². The summed E-state index contributed by atoms with van der Waals surface area (Å²) in [4.78, 5) is 19.6. The Kier molecular flexibility index (Phi) is 5.20. The maximum atomic E-state index is 11.5. The molecule has 0 atom stereocenters. The normalized spacial score (nSPS) is 9.27. The van der Waals surface area contributed by atoms with Crippen LogP contribution in [-0.2, 0) is 4.74 Å². The van der Waals surface area contributed by atoms with Crippen molar-refractivity contribution in [2.24, 2.45) is 9.98 Å². The zero-order valence-corrected chi connectivity index (χ0v) is 12.0. The summed E-state index contributed by atoms with van der Waals surface area (Å²) in [7, 11) is 0. The molecule has 0 aromatic heterocycles. The van der Waals surface area contributed by atoms with Gasteiger partial charge in [0.2, 0.25) is 0 Å². The number of hydrogen-bond donors (Lipinski definition) is 0. The van der Waals surface area contributed by atoms with Gasteiger partial charge in [0, 0.05) is 0 Å². The van der Waals surface area contributed by atoms with Crippen molar-refractivity contribution in [3.63, 3.8) is 0 Å². The van der Waals surface area contributed by atoms with Gasteiger partial charge in [-0.15, -0.1) is 0 Å². The van der Waals surface area contributed by atoms with E-state index >= 15 is 0 Å². The fourth-order valence-electron chi connectivity index (χ4n) is 1.69. The van der Waals surface area contributed by atoms with Crippen LogP contribution < -0.4 is 0 Å². The van der Waals surface area contributed by atoms with Gasteiger partial charge in [-0.05, 0) is 43.3 Å². The van der Waals surface area contributed by atoms with Crippen LogP contribution in [0.1, 0.15) is 22.8 Å². The van der Waals surface area contributed by atoms with Crippen molar-refractivity contribution in [1.29, 1.82) is 5.26 Å². The number of aliphatic imine (C=N–C) groups is 2. The molecular weight excluding hydrogens is 278 g/mol. The molecule has 0 aliphatic carbocycles. The summed E-state index contributed by atoms with van der Waals surface area (Å²) in [5, 5.41) is 8.95. The maximum Gasteiger partial charge on any atom is 0.338 e. The lowest BCUT2D eigenvalue weighted by molar-refractivity contribution is 0.0526. The van der Waals surface area contributed by atoms with Gasteiger partial charge in [0.15, 0.2) is 0 Å². The highest BCUT2D eigenvalue weighted by Crippen LogP contribution is 2.17. The van der Waals surface area contributed by atoms with Crippen LogP contribution in [0.5, 0.6) is 0 Å². The molecule has 0 heterocycles. The summed E-state index contributed by atoms with van der Waals surface area (Å²) < 4.78 is 4.90. The van der Waals surface area contributed by atoms with Gasteiger partial charge in [-0.2, -0.15) is 15.2 Å². The molecule has 0 fully saturated rings. The van der Waals surface area contributed by atoms with E-state index in [9.17, 15) is 4.79 Å². The lowest BCUT2D eigenvalue weighted by Gasteiger charge is -2.00. The number of para-hydroxylation sites is 1. The quantitative estimate of drug-likeness (QED) is 0.633. The Balaban J connectivity index is 2.15. The van der Waals surface area contributed by atoms with Crippen molar-refractivity contribution in [1.82, 2.24) is 0 Å². The SMILES string of the molecule is CCOC(=O)c1ccc(N=C=Nc2ccccc2C#N)cc1. The van der Waals surface area contributed by atoms with E-state index in [1.165, 1.54) is 0 Å². The van der Waals surface area contributed by atoms with Crippen molar-refractivity contribution >= 4 is 23.4 Å². The van der Waals surface area contributed by atoms with E-state index in [1.807, 2.05) is 6.07 Å². The zero-order chi connectivity index (χ0) is 15.8. The van der Waals surface area contributed by atoms with Gasteiger partial charge in [-0.25, -0.2) is 4.79 Å². The highest BCUT2D eigenvalue weighted by Gasteiger charge is 2.04. The number of benzene rings is 2. The molecule has 5 heteroatoms. The van der Waals surface area contributed by atoms with Crippen molar-refractivity contribution < 1.29 is 9.53 Å². The Hall–Kier alpha value is -3.22. The van der Waals surface area contributed by atoms with Crippen LogP contribution in [0.2, 0.25) is 0 Å². The van der Waals surface area contributed by atoms with E-state index < -0.39 is 0 Å². The second kappa shape index (κ2) is 7.53. The van der Waals surface area contributed by atoms with Gasteiger partial charge in [0.05, 0.1) is 29.1 Å². The molecule has 2 aromatic rings. The number of rotatable bonds is 4. The summed E-state index contributed by atoms with van der Waals surface area (Å²) in [6, 6.07) is 18.1. The van der Waals surface area contributed by atoms with Crippen molar-refractivity contribution in [2.75, 3.05) is 6.61 Å². The smallest absolute Gasteiger partial charge is 0.338 e. The van der Waals surface area contributed by atoms with Gasteiger partial charge in [-0.3, -0.25) is 0 Å². The fraction of sp³-hybridized carbons (Fsp3) is 0.118. The van der Waals surface area contributed by atoms with Crippen molar-refractivity contribution in [3.05, 3.63) is 59.7 Å². The molecule has 0 saturated carbocycles. The number of esters is 1. The zero-order valence-electron chi connectivity index (χ0n) is 12.0. The van der Waals surface area contributed by atoms with Crippen LogP contribution >= 0.6 is 0 Å². The van der Waals surface area contributed by atoms with Crippen LogP contribution in [0.15, 0.2) is 58.5 Å². The maximum absolute atomic E-state index is 11.5. The molecule has 0 unspecified atom stereocenters. The molecule has 0 aliphatic heterocycles. The lowest BCUT2D eigenvalue weighted by Crippen LogP contribution is -2.03. The molecule has 0 bridgehead atoms. The van der Waals surface area contributed by atoms with Crippen LogP contribution in [0.25, 0.3) is 0 Å². The second-order valence-electron chi connectivity index (χ2n) is 4.22. The minimum Gasteiger partial charge on any atom is -0.462 e. The van der Waals surface area contributed by atoms with E-state index in [2.05, 4.69) is 16.0 Å². The van der Waals surface area contributed by atoms with Crippen LogP contribution in [-0.4, -0.2) is 18.6 Å². The molecule has 0 amide bonds. The third-order valence-corrected chi connectivity index (χ3v) is 2.75. The number of hydrogen-bond acceptors (Lipinski definition) is 5. The van der Waals surface area contributed by atoms with E-state index in [0.29, 0.717) is 29.1 Å². The first kappa shape index (κ1) is 15.2. The topological polar surface area (TPSA) is 74.8 Å². The Bertz CT molecular complexity index is 767. The fourth-order valence-corrected chi connectivity index (χ4v) is 1.69. The van der Waals surface area contributed by atoms with E-state index in [1.54, 1.807) is 55.5 Å². The molecule has 108 valence electrons. The first-order valence-corrected chi connectivity index (χ1v) is 6.67. The third kappa shape index (κ3) is 3.89. The van der Waals surface area contributed by atoms with E-state index in [-0.39, 0.29) is 5.97 Å². The van der Waals surface area contributed by atoms with Gasteiger partial charge in [0.25, 0.3) is 0 Å². The summed E-state index contributed by atoms with van der Waals surface area (Å²) in [6.45, 7) is 2.09. The first-order valence-electron chi connectivity index (χ1n) is 6.67. The Morgan fingerprint density at radius 1 is 1.14 bits per heavy atom. The second-order valence-corrected chi connectivity index (χ2v) is 4.22. The van der Waals surface area contributed by atoms with Gasteiger partial charge >= 0.3 is 5.97 Å². The average Bonchev–Trinajstić information content (AvgIpc) is 2.56. The van der Waals surface area contributed by atoms with Crippen molar-refractivity contribution in [3.8, 4) is 6.07 Å². The Morgan fingerprint density at radius 3 is 2.55 bits per heavy atom. The molecule has 0 aliphatic rings. The lowest BCUT2D eigenvalue weighted by atomic mass is 10.2. The predicted molar refractivity (Wildman–Crippen MR) is 82.7 cm³/mol. The number of carbonyl (C=O) groups is 1. The molecule has 2 rings (SSSR count). The monoisotopic (exact) mass is 291 g/mol. The molecule has 0 saturated heterocycles. The summed E-state index contributed by atoms with van der Waals surface area (Å²) in [5.74, 6) is -0.366. The summed E-state index contributed by atoms with van der Waals surface area (Å²) in [6.07, 6.45) is 0. The standard InChI is InChI=1S/C17H13N3O2/c1-2-22-17(21)13-7-9-15(10-8-13)19-12-20-16-6-4-3-5-14(16)11-18/h3-10H,2H2,1H3. The molecule has 0 spiro atoms. The number of nitriles is 1. The minimum atomic E-state index is -0.366. The summed E-state index contributed by atoms with van der Waals surface area (Å²) >= 11 is 0. The van der Waals surface area contributed by atoms with Gasteiger partial charge in [-0.1, -0.05) is 12.1 Å². The largest absolute Gasteiger partial charge is 0.462 e. The van der Waals surface area contributed by atoms with Crippen LogP contribution in [0, 0.1) is 11.3 Å². The van der Waals surface area contributed by atoms with Gasteiger partial charge in [0.1, 0.15) is 12.1 Å². The highest BCUT2D eigenvalue weighted by atomic mass is 16.5. The molecule has 0 radical (unpaired) electrons. The molecule has 22 heavy (non-hydrogen) atoms. The summed E-state index contributed by atoms with van der Waals surface area (Å²) in [5.41, 5.74) is 2.04. The first-order chi connectivity index (χ1) is 10.7. The van der Waals surface area contributed by atoms with Gasteiger partial charge < -0.3 is 4.74 Å². The van der Waals surface area contributed by atoms with Crippen molar-refractivity contribution in [2.45, 2.75) is 6.92 Å². The number of ether oxygens (including phenoxy) is 1.